The number of nitrogens with zero attached hydrogens (tertiary/aromatic N) is 2. The number of nitriles is 1. The van der Waals surface area contributed by atoms with Gasteiger partial charge in [-0.3, -0.25) is 15.0 Å². The maximum Gasteiger partial charge on any atom is 0.270 e. The molecule has 7 nitrogen and oxygen atoms in total. The minimum absolute atomic E-state index is 0.0479. The quantitative estimate of drug-likeness (QED) is 0.796. The average molecular weight is 414 g/mol. The van der Waals surface area contributed by atoms with Gasteiger partial charge in [0.25, 0.3) is 5.91 Å². The summed E-state index contributed by atoms with van der Waals surface area (Å²) < 4.78 is 5.33. The number of carbonyl (C=O) groups excluding carboxylic acids is 2. The summed E-state index contributed by atoms with van der Waals surface area (Å²) in [5, 5.41) is 11.4. The van der Waals surface area contributed by atoms with Gasteiger partial charge in [0.05, 0.1) is 24.7 Å². The molecule has 1 aliphatic carbocycles. The second-order valence-electron chi connectivity index (χ2n) is 7.40. The lowest BCUT2D eigenvalue weighted by atomic mass is 9.76. The molecule has 0 saturated heterocycles. The highest BCUT2D eigenvalue weighted by Gasteiger charge is 2.40. The largest absolute Gasteiger partial charge is 0.497 e. The fourth-order valence-corrected chi connectivity index (χ4v) is 4.12. The van der Waals surface area contributed by atoms with Crippen molar-refractivity contribution in [2.75, 3.05) is 7.11 Å². The Labute approximate surface area is 180 Å². The van der Waals surface area contributed by atoms with Crippen LogP contribution in [0.1, 0.15) is 41.1 Å². The zero-order valence-corrected chi connectivity index (χ0v) is 17.1. The molecule has 1 amide bonds. The van der Waals surface area contributed by atoms with Crippen LogP contribution in [0, 0.1) is 11.3 Å². The summed E-state index contributed by atoms with van der Waals surface area (Å²) in [6.45, 7) is 0. The van der Waals surface area contributed by atoms with Crippen LogP contribution >= 0.6 is 0 Å². The molecule has 0 radical (unpaired) electrons. The minimum atomic E-state index is -0.604. The predicted molar refractivity (Wildman–Crippen MR) is 114 cm³/mol. The summed E-state index contributed by atoms with van der Waals surface area (Å²) >= 11 is 0. The van der Waals surface area contributed by atoms with Gasteiger partial charge in [-0.2, -0.15) is 5.26 Å². The molecule has 0 fully saturated rings. The first-order valence-electron chi connectivity index (χ1n) is 10.0. The van der Waals surface area contributed by atoms with E-state index in [0.29, 0.717) is 41.8 Å². The molecule has 1 atom stereocenters. The number of nitrogens with one attached hydrogen (secondary N) is 1. The van der Waals surface area contributed by atoms with Gasteiger partial charge in [0.2, 0.25) is 0 Å². The van der Waals surface area contributed by atoms with Crippen LogP contribution in [0.3, 0.4) is 0 Å². The van der Waals surface area contributed by atoms with Crippen LogP contribution in [0.25, 0.3) is 0 Å². The lowest BCUT2D eigenvalue weighted by molar-refractivity contribution is -0.116. The number of ether oxygens (including phenoxy) is 1. The van der Waals surface area contributed by atoms with Gasteiger partial charge in [0.15, 0.2) is 5.78 Å². The number of hydrogen-bond acceptors (Lipinski definition) is 6. The number of hydrogen-bond donors (Lipinski definition) is 2. The van der Waals surface area contributed by atoms with E-state index in [0.717, 1.165) is 5.56 Å². The second kappa shape index (κ2) is 8.36. The monoisotopic (exact) mass is 414 g/mol. The van der Waals surface area contributed by atoms with Crippen molar-refractivity contribution >= 4 is 11.7 Å². The lowest BCUT2D eigenvalue weighted by Crippen LogP contribution is -2.48. The second-order valence-corrected chi connectivity index (χ2v) is 7.40. The van der Waals surface area contributed by atoms with Crippen LogP contribution in [0.5, 0.6) is 5.75 Å². The van der Waals surface area contributed by atoms with Crippen LogP contribution < -0.4 is 15.9 Å². The summed E-state index contributed by atoms with van der Waals surface area (Å²) in [5.41, 5.74) is 11.7. The van der Waals surface area contributed by atoms with E-state index in [2.05, 4.69) is 11.5 Å². The Hall–Kier alpha value is -4.05. The highest BCUT2D eigenvalue weighted by molar-refractivity contribution is 6.00. The number of amides is 1. The zero-order chi connectivity index (χ0) is 22.0. The number of ketones is 1. The summed E-state index contributed by atoms with van der Waals surface area (Å²) in [6, 6.07) is 18.2. The molecule has 31 heavy (non-hydrogen) atoms. The predicted octanol–water partition coefficient (Wildman–Crippen LogP) is 3.14. The molecule has 2 aromatic carbocycles. The van der Waals surface area contributed by atoms with Crippen molar-refractivity contribution in [3.63, 3.8) is 0 Å². The van der Waals surface area contributed by atoms with E-state index in [1.807, 2.05) is 18.2 Å². The first-order valence-corrected chi connectivity index (χ1v) is 10.0. The van der Waals surface area contributed by atoms with Gasteiger partial charge in [-0.1, -0.05) is 30.3 Å². The molecule has 2 aromatic rings. The van der Waals surface area contributed by atoms with E-state index in [1.54, 1.807) is 43.5 Å². The SMILES string of the molecule is COc1cccc(C2C(C#N)=C(N)N(NC(=O)c3ccccc3)C3=C2C(=O)CCC3)c1. The van der Waals surface area contributed by atoms with Crippen molar-refractivity contribution in [1.82, 2.24) is 10.4 Å². The van der Waals surface area contributed by atoms with E-state index in [4.69, 9.17) is 10.5 Å². The maximum absolute atomic E-state index is 13.0. The number of rotatable bonds is 4. The molecule has 4 rings (SSSR count). The van der Waals surface area contributed by atoms with E-state index in [-0.39, 0.29) is 23.1 Å². The first-order chi connectivity index (χ1) is 15.0. The van der Waals surface area contributed by atoms with Crippen LogP contribution in [0.15, 0.2) is 77.3 Å². The van der Waals surface area contributed by atoms with Crippen LogP contribution in [-0.2, 0) is 4.79 Å². The first kappa shape index (κ1) is 20.2. The van der Waals surface area contributed by atoms with Crippen molar-refractivity contribution in [1.29, 1.82) is 5.26 Å². The minimum Gasteiger partial charge on any atom is -0.497 e. The Morgan fingerprint density at radius 1 is 1.19 bits per heavy atom. The van der Waals surface area contributed by atoms with E-state index < -0.39 is 5.92 Å². The molecule has 0 spiro atoms. The third-order valence-electron chi connectivity index (χ3n) is 5.59. The van der Waals surface area contributed by atoms with E-state index >= 15 is 0 Å². The standard InChI is InChI=1S/C24H22N4O3/c1-31-17-10-5-9-16(13-17)21-18(14-25)23(26)28(19-11-6-12-20(29)22(19)21)27-24(30)15-7-3-2-4-8-15/h2-5,7-10,13,21H,6,11-12,26H2,1H3,(H,27,30). The van der Waals surface area contributed by atoms with Crippen molar-refractivity contribution in [3.05, 3.63) is 88.4 Å². The normalized spacial score (nSPS) is 18.4. The highest BCUT2D eigenvalue weighted by Crippen LogP contribution is 2.44. The van der Waals surface area contributed by atoms with Gasteiger partial charge in [-0.25, -0.2) is 5.01 Å². The van der Waals surface area contributed by atoms with Crippen LogP contribution in [0.4, 0.5) is 0 Å². The van der Waals surface area contributed by atoms with Crippen molar-refractivity contribution in [2.45, 2.75) is 25.2 Å². The maximum atomic E-state index is 13.0. The molecule has 0 aromatic heterocycles. The molecule has 1 heterocycles. The Balaban J connectivity index is 1.82. The molecular formula is C24H22N4O3. The number of hydrazine groups is 1. The molecule has 0 bridgehead atoms. The van der Waals surface area contributed by atoms with Crippen molar-refractivity contribution in [2.24, 2.45) is 5.73 Å². The third-order valence-corrected chi connectivity index (χ3v) is 5.59. The van der Waals surface area contributed by atoms with Gasteiger partial charge >= 0.3 is 0 Å². The number of allylic oxidation sites excluding steroid dienone is 3. The van der Waals surface area contributed by atoms with Crippen molar-refractivity contribution < 1.29 is 14.3 Å². The Morgan fingerprint density at radius 3 is 2.68 bits per heavy atom. The van der Waals surface area contributed by atoms with E-state index in [9.17, 15) is 14.9 Å². The molecule has 1 unspecified atom stereocenters. The van der Waals surface area contributed by atoms with Gasteiger partial charge in [-0.05, 0) is 42.7 Å². The molecule has 7 heteroatoms. The molecule has 156 valence electrons. The fraction of sp³-hybridized carbons (Fsp3) is 0.208. The van der Waals surface area contributed by atoms with Gasteiger partial charge in [0.1, 0.15) is 11.6 Å². The zero-order valence-electron chi connectivity index (χ0n) is 17.1. The topological polar surface area (TPSA) is 108 Å². The summed E-state index contributed by atoms with van der Waals surface area (Å²) in [4.78, 5) is 25.8. The van der Waals surface area contributed by atoms with Gasteiger partial charge in [0, 0.05) is 23.3 Å². The molecule has 0 saturated carbocycles. The summed E-state index contributed by atoms with van der Waals surface area (Å²) in [6.07, 6.45) is 1.60. The Kier molecular flexibility index (Phi) is 5.46. The number of Topliss-reactive ketones (excluding diaryl/α,β-unsaturated/α-hetero) is 1. The number of nitrogens with two attached hydrogens (primary N) is 1. The fourth-order valence-electron chi connectivity index (χ4n) is 4.12. The van der Waals surface area contributed by atoms with Crippen LogP contribution in [0.2, 0.25) is 0 Å². The van der Waals surface area contributed by atoms with Gasteiger partial charge < -0.3 is 10.5 Å². The highest BCUT2D eigenvalue weighted by atomic mass is 16.5. The molecular weight excluding hydrogens is 392 g/mol. The van der Waals surface area contributed by atoms with Crippen LogP contribution in [-0.4, -0.2) is 23.8 Å². The Bertz CT molecular complexity index is 1140. The number of methoxy groups -OCH3 is 1. The lowest BCUT2D eigenvalue weighted by Gasteiger charge is -2.39. The number of benzene rings is 2. The van der Waals surface area contributed by atoms with Gasteiger partial charge in [-0.15, -0.1) is 0 Å². The summed E-state index contributed by atoms with van der Waals surface area (Å²) in [7, 11) is 1.56. The smallest absolute Gasteiger partial charge is 0.270 e. The Morgan fingerprint density at radius 2 is 1.97 bits per heavy atom. The molecule has 1 aliphatic heterocycles. The average Bonchev–Trinajstić information content (AvgIpc) is 2.81. The van der Waals surface area contributed by atoms with Crippen molar-refractivity contribution in [3.8, 4) is 11.8 Å². The number of carbonyl (C=O) groups is 2. The molecule has 2 aliphatic rings. The third kappa shape index (κ3) is 3.64. The molecule has 3 N–H and O–H groups in total. The summed E-state index contributed by atoms with van der Waals surface area (Å²) in [5.74, 6) is -0.279. The van der Waals surface area contributed by atoms with E-state index in [1.165, 1.54) is 5.01 Å².